The molecule has 0 aliphatic rings. The third-order valence-corrected chi connectivity index (χ3v) is 4.20. The SMILES string of the molecule is CCN(C(=O)c1cncc(C(=O)Nc2cccc(OC)c2)c1)c1ccccc1. The summed E-state index contributed by atoms with van der Waals surface area (Å²) in [6.45, 7) is 2.40. The van der Waals surface area contributed by atoms with Gasteiger partial charge in [-0.2, -0.15) is 0 Å². The fourth-order valence-corrected chi connectivity index (χ4v) is 2.79. The monoisotopic (exact) mass is 375 g/mol. The van der Waals surface area contributed by atoms with E-state index in [0.29, 0.717) is 29.1 Å². The number of rotatable bonds is 6. The van der Waals surface area contributed by atoms with Crippen LogP contribution in [0.4, 0.5) is 11.4 Å². The molecule has 0 bridgehead atoms. The first-order chi connectivity index (χ1) is 13.6. The van der Waals surface area contributed by atoms with Gasteiger partial charge in [-0.25, -0.2) is 0 Å². The van der Waals surface area contributed by atoms with Crippen LogP contribution < -0.4 is 15.0 Å². The van der Waals surface area contributed by atoms with Crippen LogP contribution in [0.25, 0.3) is 0 Å². The van der Waals surface area contributed by atoms with E-state index in [2.05, 4.69) is 10.3 Å². The first-order valence-electron chi connectivity index (χ1n) is 8.89. The number of carbonyl (C=O) groups excluding carboxylic acids is 2. The van der Waals surface area contributed by atoms with Gasteiger partial charge in [0.05, 0.1) is 18.2 Å². The van der Waals surface area contributed by atoms with Crippen LogP contribution in [0.2, 0.25) is 0 Å². The van der Waals surface area contributed by atoms with Gasteiger partial charge in [0.2, 0.25) is 0 Å². The number of carbonyl (C=O) groups is 2. The lowest BCUT2D eigenvalue weighted by atomic mass is 10.1. The van der Waals surface area contributed by atoms with Crippen LogP contribution in [-0.4, -0.2) is 30.5 Å². The Hall–Kier alpha value is -3.67. The van der Waals surface area contributed by atoms with Crippen molar-refractivity contribution in [1.29, 1.82) is 0 Å². The highest BCUT2D eigenvalue weighted by atomic mass is 16.5. The lowest BCUT2D eigenvalue weighted by Crippen LogP contribution is -2.31. The molecule has 0 fully saturated rings. The molecule has 0 aliphatic carbocycles. The molecule has 0 saturated carbocycles. The van der Waals surface area contributed by atoms with Gasteiger partial charge >= 0.3 is 0 Å². The predicted octanol–water partition coefficient (Wildman–Crippen LogP) is 4.01. The van der Waals surface area contributed by atoms with Crippen LogP contribution in [0.1, 0.15) is 27.6 Å². The van der Waals surface area contributed by atoms with Gasteiger partial charge in [-0.05, 0) is 37.3 Å². The van der Waals surface area contributed by atoms with Gasteiger partial charge in [0, 0.05) is 36.4 Å². The average Bonchev–Trinajstić information content (AvgIpc) is 2.75. The average molecular weight is 375 g/mol. The maximum absolute atomic E-state index is 12.9. The molecule has 142 valence electrons. The molecule has 0 saturated heterocycles. The Morgan fingerprint density at radius 3 is 2.46 bits per heavy atom. The van der Waals surface area contributed by atoms with E-state index in [0.717, 1.165) is 5.69 Å². The number of pyridine rings is 1. The van der Waals surface area contributed by atoms with Crippen molar-refractivity contribution in [2.45, 2.75) is 6.92 Å². The van der Waals surface area contributed by atoms with Crippen LogP contribution in [0.5, 0.6) is 5.75 Å². The molecule has 6 nitrogen and oxygen atoms in total. The highest BCUT2D eigenvalue weighted by molar-refractivity contribution is 6.09. The van der Waals surface area contributed by atoms with Gasteiger partial charge in [0.15, 0.2) is 0 Å². The molecular weight excluding hydrogens is 354 g/mol. The number of ether oxygens (including phenoxy) is 1. The molecule has 1 heterocycles. The normalized spacial score (nSPS) is 10.2. The number of benzene rings is 2. The number of para-hydroxylation sites is 1. The molecule has 0 spiro atoms. The number of methoxy groups -OCH3 is 1. The van der Waals surface area contributed by atoms with E-state index in [1.807, 2.05) is 37.3 Å². The summed E-state index contributed by atoms with van der Waals surface area (Å²) in [6.07, 6.45) is 2.90. The third-order valence-electron chi connectivity index (χ3n) is 4.20. The Bertz CT molecular complexity index is 974. The summed E-state index contributed by atoms with van der Waals surface area (Å²) in [4.78, 5) is 31.2. The fraction of sp³-hybridized carbons (Fsp3) is 0.136. The van der Waals surface area contributed by atoms with Crippen LogP contribution in [0, 0.1) is 0 Å². The highest BCUT2D eigenvalue weighted by Crippen LogP contribution is 2.19. The van der Waals surface area contributed by atoms with E-state index >= 15 is 0 Å². The van der Waals surface area contributed by atoms with E-state index in [1.54, 1.807) is 42.3 Å². The summed E-state index contributed by atoms with van der Waals surface area (Å²) in [5.41, 5.74) is 2.04. The summed E-state index contributed by atoms with van der Waals surface area (Å²) >= 11 is 0. The lowest BCUT2D eigenvalue weighted by Gasteiger charge is -2.21. The minimum atomic E-state index is -0.349. The largest absolute Gasteiger partial charge is 0.497 e. The Morgan fingerprint density at radius 1 is 1.00 bits per heavy atom. The van der Waals surface area contributed by atoms with Crippen LogP contribution in [0.15, 0.2) is 73.1 Å². The van der Waals surface area contributed by atoms with Crippen LogP contribution in [0.3, 0.4) is 0 Å². The van der Waals surface area contributed by atoms with E-state index in [9.17, 15) is 9.59 Å². The second-order valence-electron chi connectivity index (χ2n) is 6.03. The maximum Gasteiger partial charge on any atom is 0.259 e. The van der Waals surface area contributed by atoms with Gasteiger partial charge in [-0.3, -0.25) is 14.6 Å². The first kappa shape index (κ1) is 19.1. The van der Waals surface area contributed by atoms with Crippen molar-refractivity contribution in [1.82, 2.24) is 4.98 Å². The number of nitrogens with one attached hydrogen (secondary N) is 1. The van der Waals surface area contributed by atoms with E-state index in [1.165, 1.54) is 12.4 Å². The molecule has 0 unspecified atom stereocenters. The first-order valence-corrected chi connectivity index (χ1v) is 8.89. The van der Waals surface area contributed by atoms with Crippen molar-refractivity contribution < 1.29 is 14.3 Å². The minimum Gasteiger partial charge on any atom is -0.497 e. The summed E-state index contributed by atoms with van der Waals surface area (Å²) < 4.78 is 5.16. The Kier molecular flexibility index (Phi) is 6.01. The zero-order valence-corrected chi connectivity index (χ0v) is 15.8. The summed E-state index contributed by atoms with van der Waals surface area (Å²) in [5.74, 6) is 0.0803. The molecule has 3 aromatic rings. The third kappa shape index (κ3) is 4.35. The van der Waals surface area contributed by atoms with Crippen molar-refractivity contribution >= 4 is 23.2 Å². The summed E-state index contributed by atoms with van der Waals surface area (Å²) in [6, 6.07) is 18.0. The molecule has 0 radical (unpaired) electrons. The summed E-state index contributed by atoms with van der Waals surface area (Å²) in [7, 11) is 1.56. The number of nitrogens with zero attached hydrogens (tertiary/aromatic N) is 2. The van der Waals surface area contributed by atoms with E-state index < -0.39 is 0 Å². The Morgan fingerprint density at radius 2 is 1.75 bits per heavy atom. The molecule has 0 aliphatic heterocycles. The standard InChI is InChI=1S/C22H21N3O3/c1-3-25(19-9-5-4-6-10-19)22(27)17-12-16(14-23-15-17)21(26)24-18-8-7-11-20(13-18)28-2/h4-15H,3H2,1-2H3,(H,24,26). The zero-order valence-electron chi connectivity index (χ0n) is 15.8. The maximum atomic E-state index is 12.9. The molecule has 1 aromatic heterocycles. The smallest absolute Gasteiger partial charge is 0.259 e. The van der Waals surface area contributed by atoms with Crippen molar-refractivity contribution in [2.75, 3.05) is 23.9 Å². The minimum absolute atomic E-state index is 0.211. The number of anilines is 2. The second kappa shape index (κ2) is 8.81. The van der Waals surface area contributed by atoms with Crippen LogP contribution >= 0.6 is 0 Å². The van der Waals surface area contributed by atoms with Gasteiger partial charge in [0.1, 0.15) is 5.75 Å². The van der Waals surface area contributed by atoms with Gasteiger partial charge < -0.3 is 15.0 Å². The molecule has 2 amide bonds. The van der Waals surface area contributed by atoms with Crippen molar-refractivity contribution in [3.05, 3.63) is 84.2 Å². The number of hydrogen-bond acceptors (Lipinski definition) is 4. The van der Waals surface area contributed by atoms with E-state index in [4.69, 9.17) is 4.74 Å². The van der Waals surface area contributed by atoms with Gasteiger partial charge in [-0.15, -0.1) is 0 Å². The van der Waals surface area contributed by atoms with Crippen LogP contribution in [-0.2, 0) is 0 Å². The van der Waals surface area contributed by atoms with Crippen molar-refractivity contribution in [3.8, 4) is 5.75 Å². The van der Waals surface area contributed by atoms with Crippen molar-refractivity contribution in [3.63, 3.8) is 0 Å². The molecule has 2 aromatic carbocycles. The number of amides is 2. The topological polar surface area (TPSA) is 71.5 Å². The highest BCUT2D eigenvalue weighted by Gasteiger charge is 2.18. The number of aromatic nitrogens is 1. The molecule has 0 atom stereocenters. The van der Waals surface area contributed by atoms with E-state index in [-0.39, 0.29) is 11.8 Å². The lowest BCUT2D eigenvalue weighted by molar-refractivity contribution is 0.0988. The van der Waals surface area contributed by atoms with Gasteiger partial charge in [-0.1, -0.05) is 24.3 Å². The molecule has 3 rings (SSSR count). The summed E-state index contributed by atoms with van der Waals surface area (Å²) in [5, 5.41) is 2.79. The second-order valence-corrected chi connectivity index (χ2v) is 6.03. The quantitative estimate of drug-likeness (QED) is 0.707. The molecular formula is C22H21N3O3. The zero-order chi connectivity index (χ0) is 19.9. The number of hydrogen-bond donors (Lipinski definition) is 1. The fourth-order valence-electron chi connectivity index (χ4n) is 2.79. The predicted molar refractivity (Wildman–Crippen MR) is 109 cm³/mol. The molecule has 1 N–H and O–H groups in total. The van der Waals surface area contributed by atoms with Gasteiger partial charge in [0.25, 0.3) is 11.8 Å². The Labute approximate surface area is 163 Å². The Balaban J connectivity index is 1.81. The molecule has 6 heteroatoms. The van der Waals surface area contributed by atoms with Crippen molar-refractivity contribution in [2.24, 2.45) is 0 Å². The molecule has 28 heavy (non-hydrogen) atoms.